The number of aromatic hydroxyl groups is 2. The van der Waals surface area contributed by atoms with E-state index in [-0.39, 0.29) is 40.6 Å². The molecule has 11 heteroatoms. The van der Waals surface area contributed by atoms with Crippen molar-refractivity contribution in [2.45, 2.75) is 17.4 Å². The lowest BCUT2D eigenvalue weighted by Gasteiger charge is -2.25. The fourth-order valence-corrected chi connectivity index (χ4v) is 5.97. The van der Waals surface area contributed by atoms with Crippen LogP contribution in [-0.4, -0.2) is 51.2 Å². The first-order valence-electron chi connectivity index (χ1n) is 13.3. The SMILES string of the molecule is COc1ccc(S(=O)N(C(=O)NCCC(N)C(=O)O)c2cc(-c3c(O)ccc4ccccc34)c(O)c3ccccc23)cc1. The van der Waals surface area contributed by atoms with Crippen molar-refractivity contribution in [2.24, 2.45) is 5.73 Å². The Hall–Kier alpha value is -5.13. The number of hydrogen-bond acceptors (Lipinski definition) is 7. The number of methoxy groups -OCH3 is 1. The Morgan fingerprint density at radius 3 is 2.26 bits per heavy atom. The summed E-state index contributed by atoms with van der Waals surface area (Å²) in [6, 6.07) is 23.3. The Kier molecular flexibility index (Phi) is 8.46. The number of ether oxygens (including phenoxy) is 1. The number of anilines is 1. The summed E-state index contributed by atoms with van der Waals surface area (Å²) >= 11 is 0. The highest BCUT2D eigenvalue weighted by Gasteiger charge is 2.29. The molecule has 0 saturated carbocycles. The molecule has 220 valence electrons. The lowest BCUT2D eigenvalue weighted by atomic mass is 9.93. The minimum Gasteiger partial charge on any atom is -0.507 e. The minimum atomic E-state index is -2.12. The van der Waals surface area contributed by atoms with Crippen LogP contribution in [0.25, 0.3) is 32.7 Å². The van der Waals surface area contributed by atoms with Gasteiger partial charge in [0.2, 0.25) is 0 Å². The van der Waals surface area contributed by atoms with Gasteiger partial charge >= 0.3 is 12.0 Å². The molecule has 2 amide bonds. The second-order valence-electron chi connectivity index (χ2n) is 9.70. The molecular formula is C32H29N3O7S. The molecule has 2 atom stereocenters. The van der Waals surface area contributed by atoms with E-state index in [0.717, 1.165) is 9.69 Å². The Morgan fingerprint density at radius 1 is 0.930 bits per heavy atom. The second kappa shape index (κ2) is 12.4. The molecule has 0 bridgehead atoms. The van der Waals surface area contributed by atoms with Crippen molar-refractivity contribution in [3.8, 4) is 28.4 Å². The molecule has 0 fully saturated rings. The summed E-state index contributed by atoms with van der Waals surface area (Å²) in [6.45, 7) is -0.102. The average Bonchev–Trinajstić information content (AvgIpc) is 3.02. The number of nitrogens with one attached hydrogen (secondary N) is 1. The number of aliphatic carboxylic acids is 1. The number of phenols is 2. The maximum absolute atomic E-state index is 14.2. The number of nitrogens with two attached hydrogens (primary N) is 1. The van der Waals surface area contributed by atoms with E-state index in [4.69, 9.17) is 15.6 Å². The van der Waals surface area contributed by atoms with Crippen molar-refractivity contribution in [2.75, 3.05) is 18.0 Å². The quantitative estimate of drug-likeness (QED) is 0.156. The van der Waals surface area contributed by atoms with Gasteiger partial charge in [0.1, 0.15) is 23.3 Å². The van der Waals surface area contributed by atoms with Crippen LogP contribution in [-0.2, 0) is 15.8 Å². The number of carbonyl (C=O) groups is 2. The van der Waals surface area contributed by atoms with Crippen LogP contribution in [0.3, 0.4) is 0 Å². The lowest BCUT2D eigenvalue weighted by molar-refractivity contribution is -0.138. The zero-order valence-electron chi connectivity index (χ0n) is 23.1. The third kappa shape index (κ3) is 5.81. The number of hydrogen-bond donors (Lipinski definition) is 5. The first kappa shape index (κ1) is 29.4. The van der Waals surface area contributed by atoms with Gasteiger partial charge < -0.3 is 31.1 Å². The summed E-state index contributed by atoms with van der Waals surface area (Å²) in [5.41, 5.74) is 6.36. The van der Waals surface area contributed by atoms with E-state index in [9.17, 15) is 24.0 Å². The number of carbonyl (C=O) groups excluding carboxylic acids is 1. The highest BCUT2D eigenvalue weighted by atomic mass is 32.2. The van der Waals surface area contributed by atoms with Crippen LogP contribution in [0.2, 0.25) is 0 Å². The molecule has 43 heavy (non-hydrogen) atoms. The van der Waals surface area contributed by atoms with Gasteiger partial charge in [-0.1, -0.05) is 54.6 Å². The fraction of sp³-hybridized carbons (Fsp3) is 0.125. The first-order valence-corrected chi connectivity index (χ1v) is 14.4. The van der Waals surface area contributed by atoms with E-state index in [1.807, 2.05) is 24.3 Å². The average molecular weight is 600 g/mol. The van der Waals surface area contributed by atoms with Gasteiger partial charge in [0.15, 0.2) is 11.0 Å². The molecular weight excluding hydrogens is 570 g/mol. The van der Waals surface area contributed by atoms with Crippen LogP contribution < -0.4 is 20.1 Å². The molecule has 0 aromatic heterocycles. The van der Waals surface area contributed by atoms with Gasteiger partial charge in [-0.25, -0.2) is 13.3 Å². The Morgan fingerprint density at radius 2 is 1.58 bits per heavy atom. The molecule has 0 aliphatic heterocycles. The molecule has 5 aromatic rings. The molecule has 5 aromatic carbocycles. The van der Waals surface area contributed by atoms with Crippen molar-refractivity contribution in [1.29, 1.82) is 0 Å². The zero-order chi connectivity index (χ0) is 30.7. The summed E-state index contributed by atoms with van der Waals surface area (Å²) in [6.07, 6.45) is -0.0600. The summed E-state index contributed by atoms with van der Waals surface area (Å²) in [5.74, 6) is -0.903. The van der Waals surface area contributed by atoms with E-state index in [1.165, 1.54) is 19.2 Å². The summed E-state index contributed by atoms with van der Waals surface area (Å²) in [5, 5.41) is 36.6. The Balaban J connectivity index is 1.72. The molecule has 0 spiro atoms. The van der Waals surface area contributed by atoms with Crippen LogP contribution in [0.1, 0.15) is 6.42 Å². The van der Waals surface area contributed by atoms with Crippen LogP contribution in [0.4, 0.5) is 10.5 Å². The van der Waals surface area contributed by atoms with Crippen LogP contribution in [0, 0.1) is 0 Å². The van der Waals surface area contributed by atoms with Crippen molar-refractivity contribution in [3.63, 3.8) is 0 Å². The smallest absolute Gasteiger partial charge is 0.334 e. The van der Waals surface area contributed by atoms with E-state index in [2.05, 4.69) is 5.32 Å². The molecule has 0 heterocycles. The zero-order valence-corrected chi connectivity index (χ0v) is 23.9. The lowest BCUT2D eigenvalue weighted by Crippen LogP contribution is -2.43. The minimum absolute atomic E-state index is 0.0600. The largest absolute Gasteiger partial charge is 0.507 e. The third-order valence-corrected chi connectivity index (χ3v) is 8.42. The van der Waals surface area contributed by atoms with Gasteiger partial charge in [-0.3, -0.25) is 4.79 Å². The number of nitrogens with zero attached hydrogens (tertiary/aromatic N) is 1. The summed E-state index contributed by atoms with van der Waals surface area (Å²) in [4.78, 5) is 25.3. The van der Waals surface area contributed by atoms with E-state index in [0.29, 0.717) is 27.5 Å². The molecule has 2 unspecified atom stereocenters. The number of fused-ring (bicyclic) bond motifs is 2. The molecule has 0 aliphatic rings. The van der Waals surface area contributed by atoms with Gasteiger partial charge in [0, 0.05) is 28.4 Å². The molecule has 6 N–H and O–H groups in total. The highest BCUT2D eigenvalue weighted by molar-refractivity contribution is 7.87. The predicted octanol–water partition coefficient (Wildman–Crippen LogP) is 5.12. The van der Waals surface area contributed by atoms with Gasteiger partial charge in [-0.05, 0) is 53.6 Å². The van der Waals surface area contributed by atoms with Gasteiger partial charge in [-0.2, -0.15) is 0 Å². The summed E-state index contributed by atoms with van der Waals surface area (Å²) < 4.78 is 20.4. The van der Waals surface area contributed by atoms with Crippen LogP contribution in [0.5, 0.6) is 17.2 Å². The van der Waals surface area contributed by atoms with Gasteiger partial charge in [-0.15, -0.1) is 0 Å². The number of benzene rings is 5. The number of phenolic OH excluding ortho intramolecular Hbond substituents is 2. The summed E-state index contributed by atoms with van der Waals surface area (Å²) in [7, 11) is -0.621. The topological polar surface area (TPSA) is 162 Å². The first-order chi connectivity index (χ1) is 20.7. The molecule has 0 radical (unpaired) electrons. The van der Waals surface area contributed by atoms with Crippen molar-refractivity contribution >= 4 is 50.2 Å². The number of carboxylic acids is 1. The van der Waals surface area contributed by atoms with E-state index < -0.39 is 29.0 Å². The maximum atomic E-state index is 14.2. The fourth-order valence-electron chi connectivity index (χ4n) is 4.84. The standard InChI is InChI=1S/C32H29N3O7S/c1-42-20-11-13-21(14-12-20)43(41)35(32(40)34-17-16-26(33)31(38)39)27-18-25(30(37)24-9-5-4-8-23(24)27)29-22-7-3-2-6-19(22)10-15-28(29)36/h2-15,18,26,36-37H,16-17,33H2,1H3,(H,34,40)(H,38,39). The Bertz CT molecular complexity index is 1860. The molecule has 5 rings (SSSR count). The second-order valence-corrected chi connectivity index (χ2v) is 11.0. The highest BCUT2D eigenvalue weighted by Crippen LogP contribution is 2.47. The van der Waals surface area contributed by atoms with Crippen molar-refractivity contribution in [1.82, 2.24) is 5.32 Å². The van der Waals surface area contributed by atoms with Crippen molar-refractivity contribution in [3.05, 3.63) is 91.0 Å². The van der Waals surface area contributed by atoms with Crippen molar-refractivity contribution < 1.29 is 33.9 Å². The predicted molar refractivity (Wildman–Crippen MR) is 166 cm³/mol. The molecule has 0 aliphatic carbocycles. The maximum Gasteiger partial charge on any atom is 0.334 e. The number of carboxylic acid groups (broad SMARTS) is 1. The number of urea groups is 1. The molecule has 0 saturated heterocycles. The number of amides is 2. The van der Waals surface area contributed by atoms with Crippen LogP contribution in [0.15, 0.2) is 95.9 Å². The van der Waals surface area contributed by atoms with Gasteiger partial charge in [0.25, 0.3) is 0 Å². The molecule has 10 nitrogen and oxygen atoms in total. The third-order valence-electron chi connectivity index (χ3n) is 7.05. The van der Waals surface area contributed by atoms with Gasteiger partial charge in [0.05, 0.1) is 17.7 Å². The van der Waals surface area contributed by atoms with E-state index >= 15 is 0 Å². The monoisotopic (exact) mass is 599 g/mol. The van der Waals surface area contributed by atoms with E-state index in [1.54, 1.807) is 54.6 Å². The Labute approximate surface area is 249 Å². The number of rotatable bonds is 9. The normalized spacial score (nSPS) is 12.5. The van der Waals surface area contributed by atoms with Crippen LogP contribution >= 0.6 is 0 Å².